The highest BCUT2D eigenvalue weighted by Gasteiger charge is 2.33. The van der Waals surface area contributed by atoms with E-state index in [0.29, 0.717) is 0 Å². The van der Waals surface area contributed by atoms with Crippen molar-refractivity contribution < 1.29 is 27.2 Å². The predicted molar refractivity (Wildman–Crippen MR) is 96.7 cm³/mol. The fourth-order valence-corrected chi connectivity index (χ4v) is 2.33. The molecule has 0 aliphatic heterocycles. The first-order valence-electron chi connectivity index (χ1n) is 7.82. The molecule has 0 bridgehead atoms. The Morgan fingerprint density at radius 3 is 2.36 bits per heavy atom. The number of carbonyl (C=O) groups excluding carboxylic acids is 2. The van der Waals surface area contributed by atoms with E-state index in [1.165, 1.54) is 25.1 Å². The van der Waals surface area contributed by atoms with E-state index in [0.717, 1.165) is 24.3 Å². The number of amides is 2. The van der Waals surface area contributed by atoms with Crippen LogP contribution in [0.25, 0.3) is 0 Å². The summed E-state index contributed by atoms with van der Waals surface area (Å²) < 4.78 is 51.3. The zero-order valence-corrected chi connectivity index (χ0v) is 15.2. The average Bonchev–Trinajstić information content (AvgIpc) is 2.61. The molecule has 0 radical (unpaired) electrons. The number of alkyl halides is 3. The molecular weight excluding hydrogens is 402 g/mol. The summed E-state index contributed by atoms with van der Waals surface area (Å²) in [6, 6.07) is 7.74. The summed E-state index contributed by atoms with van der Waals surface area (Å²) in [4.78, 5) is 23.8. The average molecular weight is 416 g/mol. The lowest BCUT2D eigenvalue weighted by Gasteiger charge is -2.11. The van der Waals surface area contributed by atoms with Crippen LogP contribution >= 0.6 is 11.6 Å². The minimum absolute atomic E-state index is 0.0788. The van der Waals surface area contributed by atoms with Crippen LogP contribution in [0.3, 0.4) is 0 Å². The Hall–Kier alpha value is -2.94. The third kappa shape index (κ3) is 6.05. The maximum Gasteiger partial charge on any atom is 0.417 e. The van der Waals surface area contributed by atoms with Crippen molar-refractivity contribution in [2.75, 3.05) is 5.32 Å². The maximum atomic E-state index is 12.8. The van der Waals surface area contributed by atoms with Crippen LogP contribution in [0, 0.1) is 5.82 Å². The molecule has 0 aromatic heterocycles. The first kappa shape index (κ1) is 21.4. The van der Waals surface area contributed by atoms with Gasteiger partial charge in [0.1, 0.15) is 5.82 Å². The summed E-state index contributed by atoms with van der Waals surface area (Å²) in [5, 5.41) is 5.56. The van der Waals surface area contributed by atoms with Crippen molar-refractivity contribution in [2.45, 2.75) is 19.5 Å². The molecule has 148 valence electrons. The molecule has 2 N–H and O–H groups in total. The number of halogens is 5. The molecule has 0 saturated carbocycles. The maximum absolute atomic E-state index is 12.8. The molecule has 10 heteroatoms. The van der Waals surface area contributed by atoms with Crippen LogP contribution in [0.15, 0.2) is 47.6 Å². The lowest BCUT2D eigenvalue weighted by molar-refractivity contribution is -0.137. The zero-order valence-electron chi connectivity index (χ0n) is 14.4. The van der Waals surface area contributed by atoms with Gasteiger partial charge in [-0.2, -0.15) is 18.3 Å². The van der Waals surface area contributed by atoms with Gasteiger partial charge >= 0.3 is 6.18 Å². The highest BCUT2D eigenvalue weighted by Crippen LogP contribution is 2.36. The molecule has 0 saturated heterocycles. The second kappa shape index (κ2) is 8.83. The Labute approximate surface area is 162 Å². The molecule has 0 spiro atoms. The predicted octanol–water partition coefficient (Wildman–Crippen LogP) is 4.63. The van der Waals surface area contributed by atoms with Gasteiger partial charge in [-0.05, 0) is 49.4 Å². The largest absolute Gasteiger partial charge is 0.417 e. The number of anilines is 1. The molecule has 0 atom stereocenters. The number of carbonyl (C=O) groups is 2. The van der Waals surface area contributed by atoms with E-state index in [2.05, 4.69) is 15.8 Å². The Bertz CT molecular complexity index is 912. The van der Waals surface area contributed by atoms with Crippen LogP contribution in [0.4, 0.5) is 23.2 Å². The summed E-state index contributed by atoms with van der Waals surface area (Å²) in [5.41, 5.74) is 1.44. The van der Waals surface area contributed by atoms with Gasteiger partial charge in [-0.25, -0.2) is 9.82 Å². The summed E-state index contributed by atoms with van der Waals surface area (Å²) in [6.45, 7) is 1.45. The van der Waals surface area contributed by atoms with Gasteiger partial charge in [-0.3, -0.25) is 9.59 Å². The number of nitrogens with zero attached hydrogens (tertiary/aromatic N) is 1. The molecule has 2 aromatic carbocycles. The standard InChI is InChI=1S/C18H14ClF4N3O2/c1-10(25-26-17(28)11-2-4-12(20)5-3-11)8-16(27)24-13-6-7-15(19)14(9-13)18(21,22)23/h2-7,9H,8H2,1H3,(H,24,27)(H,26,28)/b25-10-. The second-order valence-corrected chi connectivity index (χ2v) is 6.12. The number of benzene rings is 2. The van der Waals surface area contributed by atoms with Crippen molar-refractivity contribution in [1.29, 1.82) is 0 Å². The Balaban J connectivity index is 1.96. The monoisotopic (exact) mass is 415 g/mol. The van der Waals surface area contributed by atoms with Gasteiger partial charge in [-0.1, -0.05) is 11.6 Å². The van der Waals surface area contributed by atoms with Crippen LogP contribution in [-0.2, 0) is 11.0 Å². The van der Waals surface area contributed by atoms with Gasteiger partial charge in [0, 0.05) is 17.0 Å². The number of nitrogens with one attached hydrogen (secondary N) is 2. The van der Waals surface area contributed by atoms with Crippen molar-refractivity contribution in [3.8, 4) is 0 Å². The summed E-state index contributed by atoms with van der Waals surface area (Å²) in [7, 11) is 0. The van der Waals surface area contributed by atoms with Crippen LogP contribution in [0.5, 0.6) is 0 Å². The van der Waals surface area contributed by atoms with Crippen LogP contribution < -0.4 is 10.7 Å². The topological polar surface area (TPSA) is 70.6 Å². The zero-order chi connectivity index (χ0) is 20.9. The van der Waals surface area contributed by atoms with E-state index in [4.69, 9.17) is 11.6 Å². The van der Waals surface area contributed by atoms with E-state index in [-0.39, 0.29) is 23.4 Å². The van der Waals surface area contributed by atoms with E-state index in [9.17, 15) is 27.2 Å². The van der Waals surface area contributed by atoms with E-state index in [1.54, 1.807) is 0 Å². The molecular formula is C18H14ClF4N3O2. The highest BCUT2D eigenvalue weighted by molar-refractivity contribution is 6.31. The lowest BCUT2D eigenvalue weighted by Crippen LogP contribution is -2.21. The Kier molecular flexibility index (Phi) is 6.74. The first-order chi connectivity index (χ1) is 13.1. The Morgan fingerprint density at radius 1 is 1.11 bits per heavy atom. The van der Waals surface area contributed by atoms with Gasteiger partial charge in [0.25, 0.3) is 5.91 Å². The van der Waals surface area contributed by atoms with Crippen molar-refractivity contribution in [2.24, 2.45) is 5.10 Å². The summed E-state index contributed by atoms with van der Waals surface area (Å²) >= 11 is 5.52. The molecule has 2 rings (SSSR count). The van der Waals surface area contributed by atoms with Crippen molar-refractivity contribution in [3.05, 3.63) is 64.4 Å². The molecule has 2 amide bonds. The van der Waals surface area contributed by atoms with Crippen LogP contribution in [0.2, 0.25) is 5.02 Å². The SMILES string of the molecule is C/C(CC(=O)Nc1ccc(Cl)c(C(F)(F)F)c1)=N/NC(=O)c1ccc(F)cc1. The fraction of sp³-hybridized carbons (Fsp3) is 0.167. The van der Waals surface area contributed by atoms with Gasteiger partial charge in [-0.15, -0.1) is 0 Å². The van der Waals surface area contributed by atoms with E-state index < -0.39 is 34.4 Å². The summed E-state index contributed by atoms with van der Waals surface area (Å²) in [5.74, 6) is -1.73. The minimum Gasteiger partial charge on any atom is -0.326 e. The second-order valence-electron chi connectivity index (χ2n) is 5.71. The van der Waals surface area contributed by atoms with Gasteiger partial charge in [0.05, 0.1) is 17.0 Å². The fourth-order valence-electron chi connectivity index (χ4n) is 2.11. The van der Waals surface area contributed by atoms with E-state index >= 15 is 0 Å². The van der Waals surface area contributed by atoms with Crippen LogP contribution in [-0.4, -0.2) is 17.5 Å². The van der Waals surface area contributed by atoms with Crippen molar-refractivity contribution in [1.82, 2.24) is 5.43 Å². The Morgan fingerprint density at radius 2 is 1.75 bits per heavy atom. The summed E-state index contributed by atoms with van der Waals surface area (Å²) in [6.07, 6.45) is -4.92. The normalized spacial score (nSPS) is 11.9. The third-order valence-corrected chi connectivity index (χ3v) is 3.76. The quantitative estimate of drug-likeness (QED) is 0.424. The minimum atomic E-state index is -4.65. The molecule has 0 unspecified atom stereocenters. The molecule has 28 heavy (non-hydrogen) atoms. The third-order valence-electron chi connectivity index (χ3n) is 3.43. The molecule has 0 aliphatic rings. The lowest BCUT2D eigenvalue weighted by atomic mass is 10.2. The molecule has 0 aliphatic carbocycles. The molecule has 2 aromatic rings. The smallest absolute Gasteiger partial charge is 0.326 e. The first-order valence-corrected chi connectivity index (χ1v) is 8.19. The van der Waals surface area contributed by atoms with Crippen molar-refractivity contribution in [3.63, 3.8) is 0 Å². The molecule has 0 fully saturated rings. The molecule has 5 nitrogen and oxygen atoms in total. The van der Waals surface area contributed by atoms with E-state index in [1.807, 2.05) is 0 Å². The van der Waals surface area contributed by atoms with Crippen molar-refractivity contribution >= 4 is 34.8 Å². The number of rotatable bonds is 5. The molecule has 0 heterocycles. The number of hydrogen-bond acceptors (Lipinski definition) is 3. The highest BCUT2D eigenvalue weighted by atomic mass is 35.5. The number of hydrogen-bond donors (Lipinski definition) is 2. The number of hydrazone groups is 1. The van der Waals surface area contributed by atoms with Gasteiger partial charge in [0.15, 0.2) is 0 Å². The van der Waals surface area contributed by atoms with Gasteiger partial charge < -0.3 is 5.32 Å². The van der Waals surface area contributed by atoms with Crippen LogP contribution in [0.1, 0.15) is 29.3 Å². The van der Waals surface area contributed by atoms with Gasteiger partial charge in [0.2, 0.25) is 5.91 Å².